The Labute approximate surface area is 120 Å². The first kappa shape index (κ1) is 13.8. The number of benzene rings is 2. The lowest BCUT2D eigenvalue weighted by Crippen LogP contribution is -2.17. The quantitative estimate of drug-likeness (QED) is 0.819. The minimum atomic E-state index is -4.66. The summed E-state index contributed by atoms with van der Waals surface area (Å²) in [4.78, 5) is 0. The number of hydrogen-bond acceptors (Lipinski definition) is 2. The van der Waals surface area contributed by atoms with Crippen molar-refractivity contribution < 1.29 is 22.6 Å². The van der Waals surface area contributed by atoms with Crippen molar-refractivity contribution in [2.45, 2.75) is 19.2 Å². The fourth-order valence-corrected chi connectivity index (χ4v) is 2.67. The Morgan fingerprint density at radius 1 is 0.857 bits per heavy atom. The number of hydrogen-bond donors (Lipinski definition) is 0. The minimum absolute atomic E-state index is 0.168. The van der Waals surface area contributed by atoms with Gasteiger partial charge in [0, 0.05) is 0 Å². The van der Waals surface area contributed by atoms with Crippen LogP contribution in [0.3, 0.4) is 0 Å². The first-order chi connectivity index (χ1) is 9.96. The third kappa shape index (κ3) is 2.82. The predicted molar refractivity (Wildman–Crippen MR) is 72.5 cm³/mol. The molecule has 110 valence electrons. The van der Waals surface area contributed by atoms with Crippen molar-refractivity contribution in [1.29, 1.82) is 0 Å². The molecule has 0 saturated heterocycles. The van der Waals surface area contributed by atoms with Gasteiger partial charge in [0.2, 0.25) is 0 Å². The van der Waals surface area contributed by atoms with E-state index in [9.17, 15) is 13.2 Å². The molecule has 2 aromatic rings. The van der Waals surface area contributed by atoms with Crippen LogP contribution in [0, 0.1) is 0 Å². The van der Waals surface area contributed by atoms with Crippen molar-refractivity contribution in [2.24, 2.45) is 0 Å². The molecule has 2 nitrogen and oxygen atoms in total. The van der Waals surface area contributed by atoms with E-state index in [0.29, 0.717) is 6.42 Å². The van der Waals surface area contributed by atoms with Gasteiger partial charge in [0.1, 0.15) is 11.5 Å². The lowest BCUT2D eigenvalue weighted by atomic mass is 9.85. The summed E-state index contributed by atoms with van der Waals surface area (Å²) in [7, 11) is 1.61. The summed E-state index contributed by atoms with van der Waals surface area (Å²) in [6.45, 7) is 0. The fraction of sp³-hybridized carbons (Fsp3) is 0.250. The van der Waals surface area contributed by atoms with Crippen molar-refractivity contribution >= 4 is 0 Å². The van der Waals surface area contributed by atoms with E-state index < -0.39 is 6.36 Å². The first-order valence-corrected chi connectivity index (χ1v) is 6.52. The smallest absolute Gasteiger partial charge is 0.497 e. The van der Waals surface area contributed by atoms with Gasteiger partial charge in [0.15, 0.2) is 0 Å². The maximum atomic E-state index is 12.3. The second-order valence-corrected chi connectivity index (χ2v) is 4.89. The van der Waals surface area contributed by atoms with Gasteiger partial charge in [0.05, 0.1) is 7.11 Å². The Hall–Kier alpha value is -2.17. The number of methoxy groups -OCH3 is 1. The summed E-state index contributed by atoms with van der Waals surface area (Å²) in [5.41, 5.74) is 4.00. The van der Waals surface area contributed by atoms with Gasteiger partial charge < -0.3 is 9.47 Å². The van der Waals surface area contributed by atoms with Crippen LogP contribution in [0.15, 0.2) is 36.4 Å². The van der Waals surface area contributed by atoms with Crippen LogP contribution in [-0.2, 0) is 12.8 Å². The standard InChI is InChI=1S/C16H13F3O2/c1-20-12-4-6-14-10(8-12)2-3-11-9-13(5-7-15(11)14)21-16(17,18)19/h4-9H,2-3H2,1H3. The second-order valence-electron chi connectivity index (χ2n) is 4.89. The molecule has 0 spiro atoms. The van der Waals surface area contributed by atoms with Gasteiger partial charge in [-0.2, -0.15) is 0 Å². The highest BCUT2D eigenvalue weighted by molar-refractivity contribution is 5.74. The van der Waals surface area contributed by atoms with E-state index in [-0.39, 0.29) is 5.75 Å². The average Bonchev–Trinajstić information content (AvgIpc) is 2.44. The van der Waals surface area contributed by atoms with Gasteiger partial charge in [0.25, 0.3) is 0 Å². The van der Waals surface area contributed by atoms with Crippen molar-refractivity contribution in [3.8, 4) is 22.6 Å². The second kappa shape index (κ2) is 4.98. The molecule has 0 fully saturated rings. The Morgan fingerprint density at radius 3 is 1.90 bits per heavy atom. The highest BCUT2D eigenvalue weighted by atomic mass is 19.4. The van der Waals surface area contributed by atoms with Gasteiger partial charge in [-0.15, -0.1) is 13.2 Å². The molecule has 1 aliphatic carbocycles. The van der Waals surface area contributed by atoms with Gasteiger partial charge in [-0.1, -0.05) is 12.1 Å². The lowest BCUT2D eigenvalue weighted by Gasteiger charge is -2.21. The van der Waals surface area contributed by atoms with E-state index >= 15 is 0 Å². The molecule has 3 rings (SSSR count). The average molecular weight is 294 g/mol. The summed E-state index contributed by atoms with van der Waals surface area (Å²) >= 11 is 0. The monoisotopic (exact) mass is 294 g/mol. The van der Waals surface area contributed by atoms with Crippen molar-refractivity contribution in [3.63, 3.8) is 0 Å². The van der Waals surface area contributed by atoms with E-state index in [1.165, 1.54) is 12.1 Å². The SMILES string of the molecule is COc1ccc2c(c1)CCc1cc(OC(F)(F)F)ccc1-2. The Bertz CT molecular complexity index is 678. The van der Waals surface area contributed by atoms with Crippen LogP contribution >= 0.6 is 0 Å². The topological polar surface area (TPSA) is 18.5 Å². The largest absolute Gasteiger partial charge is 0.573 e. The Morgan fingerprint density at radius 2 is 1.38 bits per heavy atom. The van der Waals surface area contributed by atoms with Crippen LogP contribution in [0.25, 0.3) is 11.1 Å². The number of halogens is 3. The lowest BCUT2D eigenvalue weighted by molar-refractivity contribution is -0.274. The molecule has 0 saturated carbocycles. The molecule has 0 N–H and O–H groups in total. The van der Waals surface area contributed by atoms with E-state index in [1.54, 1.807) is 13.2 Å². The summed E-state index contributed by atoms with van der Waals surface area (Å²) < 4.78 is 45.9. The molecule has 5 heteroatoms. The maximum absolute atomic E-state index is 12.3. The molecule has 1 aliphatic rings. The van der Waals surface area contributed by atoms with Gasteiger partial charge in [-0.3, -0.25) is 0 Å². The van der Waals surface area contributed by atoms with E-state index in [2.05, 4.69) is 4.74 Å². The van der Waals surface area contributed by atoms with Crippen LogP contribution in [0.1, 0.15) is 11.1 Å². The van der Waals surface area contributed by atoms with Crippen LogP contribution in [0.5, 0.6) is 11.5 Å². The predicted octanol–water partition coefficient (Wildman–Crippen LogP) is 4.36. The maximum Gasteiger partial charge on any atom is 0.573 e. The number of alkyl halides is 3. The summed E-state index contributed by atoms with van der Waals surface area (Å²) in [6.07, 6.45) is -3.20. The summed E-state index contributed by atoms with van der Waals surface area (Å²) in [5.74, 6) is 0.618. The van der Waals surface area contributed by atoms with Crippen LogP contribution in [0.2, 0.25) is 0 Å². The van der Waals surface area contributed by atoms with Crippen LogP contribution in [0.4, 0.5) is 13.2 Å². The Balaban J connectivity index is 1.98. The van der Waals surface area contributed by atoms with Gasteiger partial charge in [-0.25, -0.2) is 0 Å². The molecule has 2 aromatic carbocycles. The summed E-state index contributed by atoms with van der Waals surface area (Å²) in [6, 6.07) is 10.3. The molecule has 0 amide bonds. The zero-order valence-corrected chi connectivity index (χ0v) is 11.3. The number of rotatable bonds is 2. The highest BCUT2D eigenvalue weighted by Crippen LogP contribution is 2.37. The molecule has 0 aliphatic heterocycles. The molecule has 0 aromatic heterocycles. The number of ether oxygens (including phenoxy) is 2. The van der Waals surface area contributed by atoms with E-state index in [4.69, 9.17) is 4.74 Å². The first-order valence-electron chi connectivity index (χ1n) is 6.52. The van der Waals surface area contributed by atoms with Crippen molar-refractivity contribution in [3.05, 3.63) is 47.5 Å². The fourth-order valence-electron chi connectivity index (χ4n) is 2.67. The molecule has 0 radical (unpaired) electrons. The zero-order valence-electron chi connectivity index (χ0n) is 11.3. The van der Waals surface area contributed by atoms with E-state index in [1.807, 2.05) is 18.2 Å². The molecule has 21 heavy (non-hydrogen) atoms. The number of fused-ring (bicyclic) bond motifs is 3. The number of aryl methyl sites for hydroxylation is 2. The molecular formula is C16H13F3O2. The molecular weight excluding hydrogens is 281 g/mol. The van der Waals surface area contributed by atoms with Crippen molar-refractivity contribution in [1.82, 2.24) is 0 Å². The third-order valence-electron chi connectivity index (χ3n) is 3.58. The molecule has 0 heterocycles. The minimum Gasteiger partial charge on any atom is -0.497 e. The van der Waals surface area contributed by atoms with Crippen molar-refractivity contribution in [2.75, 3.05) is 7.11 Å². The van der Waals surface area contributed by atoms with Crippen LogP contribution < -0.4 is 9.47 Å². The molecule has 0 bridgehead atoms. The summed E-state index contributed by atoms with van der Waals surface area (Å²) in [5, 5.41) is 0. The highest BCUT2D eigenvalue weighted by Gasteiger charge is 2.31. The van der Waals surface area contributed by atoms with Crippen LogP contribution in [-0.4, -0.2) is 13.5 Å². The molecule has 0 atom stereocenters. The zero-order chi connectivity index (χ0) is 15.0. The normalized spacial score (nSPS) is 13.3. The Kier molecular flexibility index (Phi) is 3.27. The van der Waals surface area contributed by atoms with Gasteiger partial charge in [-0.05, 0) is 59.4 Å². The molecule has 0 unspecified atom stereocenters. The van der Waals surface area contributed by atoms with Gasteiger partial charge >= 0.3 is 6.36 Å². The van der Waals surface area contributed by atoms with E-state index in [0.717, 1.165) is 34.4 Å². The third-order valence-corrected chi connectivity index (χ3v) is 3.58.